The molecule has 0 fully saturated rings. The Morgan fingerprint density at radius 1 is 1.22 bits per heavy atom. The number of H-pyrrole nitrogens is 1. The van der Waals surface area contributed by atoms with Crippen LogP contribution in [-0.4, -0.2) is 42.7 Å². The summed E-state index contributed by atoms with van der Waals surface area (Å²) in [7, 11) is 1.59. The third-order valence-corrected chi connectivity index (χ3v) is 5.11. The first kappa shape index (κ1) is 19.5. The highest BCUT2D eigenvalue weighted by Gasteiger charge is 2.29. The molecular weight excluding hydrogens is 368 g/mol. The molecular formula is C20H23ClN2O4. The Labute approximate surface area is 163 Å². The van der Waals surface area contributed by atoms with Crippen LogP contribution in [0.2, 0.25) is 5.02 Å². The number of carbonyl (C=O) groups is 1. The van der Waals surface area contributed by atoms with Gasteiger partial charge in [0.15, 0.2) is 0 Å². The molecule has 1 aliphatic rings. The maximum Gasteiger partial charge on any atom is 0.256 e. The number of pyridine rings is 1. The van der Waals surface area contributed by atoms with Crippen molar-refractivity contribution in [3.05, 3.63) is 61.5 Å². The summed E-state index contributed by atoms with van der Waals surface area (Å²) in [6, 6.07) is 5.57. The maximum atomic E-state index is 13.1. The van der Waals surface area contributed by atoms with Crippen LogP contribution in [-0.2, 0) is 17.7 Å². The number of nitrogens with zero attached hydrogens (tertiary/aromatic N) is 1. The number of aromatic amines is 1. The molecule has 1 N–H and O–H groups in total. The average Bonchev–Trinajstić information content (AvgIpc) is 2.61. The van der Waals surface area contributed by atoms with Crippen LogP contribution < -0.4 is 10.3 Å². The number of nitrogens with one attached hydrogen (secondary N) is 1. The molecule has 7 heteroatoms. The number of amides is 1. The Balaban J connectivity index is 1.87. The van der Waals surface area contributed by atoms with Crippen molar-refractivity contribution in [1.82, 2.24) is 9.88 Å². The molecule has 27 heavy (non-hydrogen) atoms. The fraction of sp³-hybridized carbons (Fsp3) is 0.400. The van der Waals surface area contributed by atoms with E-state index in [2.05, 4.69) is 4.98 Å². The van der Waals surface area contributed by atoms with E-state index in [0.29, 0.717) is 48.1 Å². The number of hydrogen-bond acceptors (Lipinski definition) is 4. The first-order valence-electron chi connectivity index (χ1n) is 8.84. The van der Waals surface area contributed by atoms with Crippen molar-refractivity contribution in [2.75, 3.05) is 26.9 Å². The molecule has 0 atom stereocenters. The van der Waals surface area contributed by atoms with Gasteiger partial charge in [0.2, 0.25) is 0 Å². The number of hydrogen-bond donors (Lipinski definition) is 1. The lowest BCUT2D eigenvalue weighted by Crippen LogP contribution is -2.39. The van der Waals surface area contributed by atoms with E-state index in [0.717, 1.165) is 16.8 Å². The largest absolute Gasteiger partial charge is 0.490 e. The first-order valence-corrected chi connectivity index (χ1v) is 9.22. The molecule has 2 aromatic rings. The minimum absolute atomic E-state index is 0.158. The van der Waals surface area contributed by atoms with Crippen LogP contribution in [0.3, 0.4) is 0 Å². The zero-order valence-electron chi connectivity index (χ0n) is 15.7. The zero-order valence-corrected chi connectivity index (χ0v) is 16.5. The number of fused-ring (bicyclic) bond motifs is 1. The van der Waals surface area contributed by atoms with E-state index < -0.39 is 0 Å². The van der Waals surface area contributed by atoms with E-state index in [1.54, 1.807) is 18.1 Å². The van der Waals surface area contributed by atoms with Gasteiger partial charge >= 0.3 is 0 Å². The van der Waals surface area contributed by atoms with Gasteiger partial charge in [-0.1, -0.05) is 17.7 Å². The molecule has 0 saturated carbocycles. The third kappa shape index (κ3) is 4.01. The summed E-state index contributed by atoms with van der Waals surface area (Å²) < 4.78 is 10.6. The highest BCUT2D eigenvalue weighted by atomic mass is 35.5. The van der Waals surface area contributed by atoms with Gasteiger partial charge in [-0.05, 0) is 43.5 Å². The molecule has 0 bridgehead atoms. The Morgan fingerprint density at radius 2 is 2.00 bits per heavy atom. The van der Waals surface area contributed by atoms with Crippen LogP contribution in [0.15, 0.2) is 23.0 Å². The minimum Gasteiger partial charge on any atom is -0.490 e. The molecule has 0 saturated heterocycles. The molecule has 3 rings (SSSR count). The molecule has 1 aromatic heterocycles. The lowest BCUT2D eigenvalue weighted by Gasteiger charge is -2.30. The van der Waals surface area contributed by atoms with E-state index in [4.69, 9.17) is 21.1 Å². The van der Waals surface area contributed by atoms with Crippen molar-refractivity contribution >= 4 is 17.5 Å². The smallest absolute Gasteiger partial charge is 0.256 e. The van der Waals surface area contributed by atoms with Gasteiger partial charge in [0.05, 0.1) is 23.7 Å². The minimum atomic E-state index is -0.183. The maximum absolute atomic E-state index is 13.1. The van der Waals surface area contributed by atoms with E-state index in [1.807, 2.05) is 26.0 Å². The summed E-state index contributed by atoms with van der Waals surface area (Å²) in [6.45, 7) is 5.30. The third-order valence-electron chi connectivity index (χ3n) is 4.73. The summed E-state index contributed by atoms with van der Waals surface area (Å²) in [5.74, 6) is 0.282. The van der Waals surface area contributed by atoms with Crippen molar-refractivity contribution in [2.45, 2.75) is 26.8 Å². The molecule has 6 nitrogen and oxygen atoms in total. The van der Waals surface area contributed by atoms with Crippen molar-refractivity contribution in [3.63, 3.8) is 0 Å². The van der Waals surface area contributed by atoms with Crippen LogP contribution >= 0.6 is 11.6 Å². The Bertz CT molecular complexity index is 923. The van der Waals surface area contributed by atoms with Crippen LogP contribution in [0, 0.1) is 13.8 Å². The Hall–Kier alpha value is -2.31. The quantitative estimate of drug-likeness (QED) is 0.770. The van der Waals surface area contributed by atoms with Crippen LogP contribution in [0.25, 0.3) is 0 Å². The standard InChI is InChI=1S/C20H23ClN2O4/c1-12-10-13(2)22-19(24)15(12)11-23-7-6-14-4-5-16(27-9-8-26-3)18(21)17(14)20(23)25/h4-5,10H,6-9,11H2,1-3H3,(H,22,24). The summed E-state index contributed by atoms with van der Waals surface area (Å²) in [6.07, 6.45) is 0.682. The summed E-state index contributed by atoms with van der Waals surface area (Å²) >= 11 is 6.47. The SMILES string of the molecule is COCCOc1ccc2c(c1Cl)C(=O)N(Cc1c(C)cc(C)[nH]c1=O)CC2. The first-order chi connectivity index (χ1) is 12.9. The predicted molar refractivity (Wildman–Crippen MR) is 104 cm³/mol. The number of methoxy groups -OCH3 is 1. The van der Waals surface area contributed by atoms with Gasteiger partial charge < -0.3 is 19.4 Å². The van der Waals surface area contributed by atoms with E-state index >= 15 is 0 Å². The van der Waals surface area contributed by atoms with Gasteiger partial charge in [-0.3, -0.25) is 9.59 Å². The fourth-order valence-corrected chi connectivity index (χ4v) is 3.64. The van der Waals surface area contributed by atoms with Crippen molar-refractivity contribution in [1.29, 1.82) is 0 Å². The monoisotopic (exact) mass is 390 g/mol. The van der Waals surface area contributed by atoms with Gasteiger partial charge in [0.25, 0.3) is 11.5 Å². The highest BCUT2D eigenvalue weighted by molar-refractivity contribution is 6.35. The second kappa shape index (κ2) is 8.15. The highest BCUT2D eigenvalue weighted by Crippen LogP contribution is 2.34. The number of aryl methyl sites for hydroxylation is 2. The average molecular weight is 391 g/mol. The van der Waals surface area contributed by atoms with Gasteiger partial charge in [-0.15, -0.1) is 0 Å². The molecule has 0 radical (unpaired) electrons. The Morgan fingerprint density at radius 3 is 2.70 bits per heavy atom. The lowest BCUT2D eigenvalue weighted by molar-refractivity contribution is 0.0725. The number of aromatic nitrogens is 1. The van der Waals surface area contributed by atoms with Crippen molar-refractivity contribution in [3.8, 4) is 5.75 Å². The van der Waals surface area contributed by atoms with Gasteiger partial charge in [-0.2, -0.15) is 0 Å². The summed E-state index contributed by atoms with van der Waals surface area (Å²) in [5.41, 5.74) is 3.47. The normalized spacial score (nSPS) is 13.6. The van der Waals surface area contributed by atoms with Crippen LogP contribution in [0.1, 0.15) is 32.7 Å². The second-order valence-corrected chi connectivity index (χ2v) is 7.05. The number of ether oxygens (including phenoxy) is 2. The molecule has 0 unspecified atom stereocenters. The number of benzene rings is 1. The number of carbonyl (C=O) groups excluding carboxylic acids is 1. The molecule has 2 heterocycles. The second-order valence-electron chi connectivity index (χ2n) is 6.67. The number of rotatable bonds is 6. The van der Waals surface area contributed by atoms with Crippen LogP contribution in [0.5, 0.6) is 5.75 Å². The fourth-order valence-electron chi connectivity index (χ4n) is 3.32. The predicted octanol–water partition coefficient (Wildman–Crippen LogP) is 2.87. The number of halogens is 1. The Kier molecular flexibility index (Phi) is 5.87. The molecule has 1 aromatic carbocycles. The van der Waals surface area contributed by atoms with Gasteiger partial charge in [0, 0.05) is 24.9 Å². The summed E-state index contributed by atoms with van der Waals surface area (Å²) in [5, 5.41) is 0.313. The molecule has 0 aliphatic carbocycles. The topological polar surface area (TPSA) is 71.6 Å². The van der Waals surface area contributed by atoms with E-state index in [-0.39, 0.29) is 18.0 Å². The van der Waals surface area contributed by atoms with E-state index in [1.165, 1.54) is 0 Å². The van der Waals surface area contributed by atoms with Crippen molar-refractivity contribution < 1.29 is 14.3 Å². The van der Waals surface area contributed by atoms with Gasteiger partial charge in [0.1, 0.15) is 12.4 Å². The van der Waals surface area contributed by atoms with Gasteiger partial charge in [-0.25, -0.2) is 0 Å². The lowest BCUT2D eigenvalue weighted by atomic mass is 9.97. The van der Waals surface area contributed by atoms with Crippen LogP contribution in [0.4, 0.5) is 0 Å². The van der Waals surface area contributed by atoms with Crippen molar-refractivity contribution in [2.24, 2.45) is 0 Å². The summed E-state index contributed by atoms with van der Waals surface area (Å²) in [4.78, 5) is 29.8. The molecule has 144 valence electrons. The molecule has 1 aliphatic heterocycles. The zero-order chi connectivity index (χ0) is 19.6. The van der Waals surface area contributed by atoms with E-state index in [9.17, 15) is 9.59 Å². The molecule has 1 amide bonds. The molecule has 0 spiro atoms.